The number of carbonyl (C=O) groups excluding carboxylic acids is 2. The molecule has 0 aliphatic carbocycles. The van der Waals surface area contributed by atoms with E-state index in [0.29, 0.717) is 30.8 Å². The Morgan fingerprint density at radius 2 is 2.05 bits per heavy atom. The van der Waals surface area contributed by atoms with Crippen LogP contribution >= 0.6 is 0 Å². The van der Waals surface area contributed by atoms with Crippen LogP contribution in [0.3, 0.4) is 0 Å². The summed E-state index contributed by atoms with van der Waals surface area (Å²) in [5.74, 6) is -0.494. The number of hydrogen-bond donors (Lipinski definition) is 2. The van der Waals surface area contributed by atoms with Gasteiger partial charge >= 0.3 is 0 Å². The summed E-state index contributed by atoms with van der Waals surface area (Å²) in [5, 5.41) is 0. The molecule has 0 aromatic heterocycles. The monoisotopic (exact) mass is 261 g/mol. The van der Waals surface area contributed by atoms with E-state index in [4.69, 9.17) is 11.5 Å². The Labute approximate surface area is 112 Å². The molecule has 0 radical (unpaired) electrons. The number of amides is 2. The second-order valence-electron chi connectivity index (χ2n) is 5.44. The van der Waals surface area contributed by atoms with Gasteiger partial charge in [0, 0.05) is 18.8 Å². The van der Waals surface area contributed by atoms with Gasteiger partial charge in [-0.25, -0.2) is 0 Å². The Bertz CT molecular complexity index is 541. The first-order valence-corrected chi connectivity index (χ1v) is 6.29. The fourth-order valence-electron chi connectivity index (χ4n) is 2.37. The van der Waals surface area contributed by atoms with E-state index in [0.717, 1.165) is 5.56 Å². The lowest BCUT2D eigenvalue weighted by atomic mass is 9.89. The molecule has 0 spiro atoms. The van der Waals surface area contributed by atoms with E-state index < -0.39 is 5.41 Å². The summed E-state index contributed by atoms with van der Waals surface area (Å²) >= 11 is 0. The first-order chi connectivity index (χ1) is 8.85. The summed E-state index contributed by atoms with van der Waals surface area (Å²) in [6, 6.07) is 5.39. The highest BCUT2D eigenvalue weighted by atomic mass is 16.2. The summed E-state index contributed by atoms with van der Waals surface area (Å²) in [6.45, 7) is 4.55. The molecule has 102 valence electrons. The molecule has 2 rings (SSSR count). The number of rotatable bonds is 2. The number of nitrogen functional groups attached to an aromatic ring is 1. The Morgan fingerprint density at radius 1 is 1.37 bits per heavy atom. The van der Waals surface area contributed by atoms with Crippen LogP contribution in [0.2, 0.25) is 0 Å². The first kappa shape index (κ1) is 13.4. The molecule has 1 heterocycles. The minimum Gasteiger partial charge on any atom is -0.398 e. The third-order valence-electron chi connectivity index (χ3n) is 3.91. The molecule has 1 aromatic rings. The number of benzene rings is 1. The Kier molecular flexibility index (Phi) is 3.22. The predicted octanol–water partition coefficient (Wildman–Crippen LogP) is 0.915. The molecule has 1 unspecified atom stereocenters. The van der Waals surface area contributed by atoms with E-state index in [-0.39, 0.29) is 11.8 Å². The summed E-state index contributed by atoms with van der Waals surface area (Å²) in [7, 11) is 0. The van der Waals surface area contributed by atoms with E-state index in [9.17, 15) is 9.59 Å². The van der Waals surface area contributed by atoms with Gasteiger partial charge in [0.2, 0.25) is 5.91 Å². The van der Waals surface area contributed by atoms with Crippen LogP contribution in [0, 0.1) is 12.3 Å². The predicted molar refractivity (Wildman–Crippen MR) is 73.4 cm³/mol. The average molecular weight is 261 g/mol. The zero-order valence-corrected chi connectivity index (χ0v) is 11.3. The first-order valence-electron chi connectivity index (χ1n) is 6.29. The topological polar surface area (TPSA) is 89.4 Å². The highest BCUT2D eigenvalue weighted by Crippen LogP contribution is 2.31. The molecule has 1 aliphatic heterocycles. The summed E-state index contributed by atoms with van der Waals surface area (Å²) in [5.41, 5.74) is 12.6. The molecule has 1 aromatic carbocycles. The van der Waals surface area contributed by atoms with Crippen LogP contribution in [0.15, 0.2) is 18.2 Å². The number of nitrogens with zero attached hydrogens (tertiary/aromatic N) is 1. The van der Waals surface area contributed by atoms with E-state index in [2.05, 4.69) is 0 Å². The number of para-hydroxylation sites is 1. The van der Waals surface area contributed by atoms with Crippen molar-refractivity contribution in [2.45, 2.75) is 20.3 Å². The van der Waals surface area contributed by atoms with Gasteiger partial charge in [-0.3, -0.25) is 9.59 Å². The molecule has 19 heavy (non-hydrogen) atoms. The minimum absolute atomic E-state index is 0.133. The fourth-order valence-corrected chi connectivity index (χ4v) is 2.37. The van der Waals surface area contributed by atoms with Gasteiger partial charge in [-0.15, -0.1) is 0 Å². The van der Waals surface area contributed by atoms with Crippen molar-refractivity contribution in [1.29, 1.82) is 0 Å². The maximum Gasteiger partial charge on any atom is 0.255 e. The molecular formula is C14H19N3O2. The van der Waals surface area contributed by atoms with Crippen LogP contribution in [0.4, 0.5) is 5.69 Å². The maximum atomic E-state index is 12.4. The summed E-state index contributed by atoms with van der Waals surface area (Å²) in [6.07, 6.45) is 0.597. The highest BCUT2D eigenvalue weighted by molar-refractivity contribution is 6.00. The zero-order valence-electron chi connectivity index (χ0n) is 11.3. The molecule has 1 saturated heterocycles. The van der Waals surface area contributed by atoms with Crippen LogP contribution < -0.4 is 11.5 Å². The summed E-state index contributed by atoms with van der Waals surface area (Å²) < 4.78 is 0. The van der Waals surface area contributed by atoms with Crippen molar-refractivity contribution in [2.75, 3.05) is 18.8 Å². The third kappa shape index (κ3) is 2.28. The van der Waals surface area contributed by atoms with Crippen LogP contribution in [-0.2, 0) is 4.79 Å². The fraction of sp³-hybridized carbons (Fsp3) is 0.429. The van der Waals surface area contributed by atoms with Crippen LogP contribution in [-0.4, -0.2) is 29.8 Å². The summed E-state index contributed by atoms with van der Waals surface area (Å²) in [4.78, 5) is 25.5. The van der Waals surface area contributed by atoms with Gasteiger partial charge in [-0.1, -0.05) is 12.1 Å². The van der Waals surface area contributed by atoms with Crippen molar-refractivity contribution in [2.24, 2.45) is 11.1 Å². The smallest absolute Gasteiger partial charge is 0.255 e. The number of nitrogens with two attached hydrogens (primary N) is 2. The quantitative estimate of drug-likeness (QED) is 0.775. The largest absolute Gasteiger partial charge is 0.398 e. The molecule has 5 nitrogen and oxygen atoms in total. The van der Waals surface area contributed by atoms with Gasteiger partial charge in [0.25, 0.3) is 5.91 Å². The number of primary amides is 1. The second-order valence-corrected chi connectivity index (χ2v) is 5.44. The van der Waals surface area contributed by atoms with Crippen molar-refractivity contribution in [3.05, 3.63) is 29.3 Å². The number of hydrogen-bond acceptors (Lipinski definition) is 3. The Morgan fingerprint density at radius 3 is 2.63 bits per heavy atom. The van der Waals surface area contributed by atoms with Crippen molar-refractivity contribution in [3.63, 3.8) is 0 Å². The SMILES string of the molecule is Cc1cccc(C(=O)N2CCC(C)(C(N)=O)C2)c1N. The minimum atomic E-state index is -0.631. The van der Waals surface area contributed by atoms with Gasteiger partial charge in [0.05, 0.1) is 11.0 Å². The normalized spacial score (nSPS) is 22.5. The van der Waals surface area contributed by atoms with Gasteiger partial charge in [0.15, 0.2) is 0 Å². The number of aryl methyl sites for hydroxylation is 1. The van der Waals surface area contributed by atoms with E-state index in [1.165, 1.54) is 0 Å². The molecule has 0 bridgehead atoms. The Hall–Kier alpha value is -2.04. The molecule has 2 amide bonds. The van der Waals surface area contributed by atoms with Crippen molar-refractivity contribution in [1.82, 2.24) is 4.90 Å². The molecule has 0 saturated carbocycles. The Balaban J connectivity index is 2.23. The lowest BCUT2D eigenvalue weighted by Gasteiger charge is -2.21. The van der Waals surface area contributed by atoms with E-state index in [1.807, 2.05) is 19.1 Å². The maximum absolute atomic E-state index is 12.4. The van der Waals surface area contributed by atoms with Gasteiger partial charge in [-0.2, -0.15) is 0 Å². The van der Waals surface area contributed by atoms with Crippen LogP contribution in [0.25, 0.3) is 0 Å². The van der Waals surface area contributed by atoms with Gasteiger partial charge in [0.1, 0.15) is 0 Å². The van der Waals surface area contributed by atoms with Crippen LogP contribution in [0.1, 0.15) is 29.3 Å². The van der Waals surface area contributed by atoms with Gasteiger partial charge in [-0.05, 0) is 31.9 Å². The average Bonchev–Trinajstić information content (AvgIpc) is 2.76. The lowest BCUT2D eigenvalue weighted by molar-refractivity contribution is -0.126. The van der Waals surface area contributed by atoms with Crippen molar-refractivity contribution < 1.29 is 9.59 Å². The second kappa shape index (κ2) is 4.57. The molecule has 4 N–H and O–H groups in total. The van der Waals surface area contributed by atoms with Gasteiger partial charge < -0.3 is 16.4 Å². The van der Waals surface area contributed by atoms with Crippen LogP contribution in [0.5, 0.6) is 0 Å². The van der Waals surface area contributed by atoms with Crippen molar-refractivity contribution in [3.8, 4) is 0 Å². The van der Waals surface area contributed by atoms with E-state index in [1.54, 1.807) is 17.9 Å². The zero-order chi connectivity index (χ0) is 14.2. The highest BCUT2D eigenvalue weighted by Gasteiger charge is 2.41. The number of anilines is 1. The number of carbonyl (C=O) groups is 2. The van der Waals surface area contributed by atoms with Crippen molar-refractivity contribution >= 4 is 17.5 Å². The number of likely N-dealkylation sites (tertiary alicyclic amines) is 1. The van der Waals surface area contributed by atoms with E-state index >= 15 is 0 Å². The molecule has 5 heteroatoms. The third-order valence-corrected chi connectivity index (χ3v) is 3.91. The standard InChI is InChI=1S/C14H19N3O2/c1-9-4-3-5-10(11(9)15)12(18)17-7-6-14(2,8-17)13(16)19/h3-5H,6-8,15H2,1-2H3,(H2,16,19). The lowest BCUT2D eigenvalue weighted by Crippen LogP contribution is -2.38. The molecular weight excluding hydrogens is 242 g/mol. The molecule has 1 aliphatic rings. The molecule has 1 fully saturated rings. The molecule has 1 atom stereocenters.